The van der Waals surface area contributed by atoms with Crippen LogP contribution in [-0.2, 0) is 11.2 Å². The molecule has 1 aliphatic rings. The van der Waals surface area contributed by atoms with Gasteiger partial charge in [0.1, 0.15) is 0 Å². The van der Waals surface area contributed by atoms with E-state index in [1.807, 2.05) is 12.5 Å². The minimum atomic E-state index is -0.688. The van der Waals surface area contributed by atoms with E-state index in [1.165, 1.54) is 18.5 Å². The Kier molecular flexibility index (Phi) is 5.48. The number of hydrogen-bond donors (Lipinski definition) is 1. The number of aromatic nitrogens is 2. The van der Waals surface area contributed by atoms with Crippen molar-refractivity contribution in [3.8, 4) is 0 Å². The van der Waals surface area contributed by atoms with Crippen LogP contribution in [0.3, 0.4) is 0 Å². The number of hydrogen-bond acceptors (Lipinski definition) is 2. The van der Waals surface area contributed by atoms with Crippen LogP contribution in [0, 0.1) is 0 Å². The van der Waals surface area contributed by atoms with E-state index in [2.05, 4.69) is 9.55 Å². The molecule has 0 spiro atoms. The molecule has 4 nitrogen and oxygen atoms in total. The minimum absolute atomic E-state index is 0. The Labute approximate surface area is 107 Å². The molecule has 5 heteroatoms. The van der Waals surface area contributed by atoms with Gasteiger partial charge in [0.05, 0.1) is 6.33 Å². The second-order valence-electron chi connectivity index (χ2n) is 4.48. The molecule has 1 aromatic rings. The number of halogens is 1. The normalized spacial score (nSPS) is 18.2. The lowest BCUT2D eigenvalue weighted by atomic mass is 9.98. The zero-order valence-corrected chi connectivity index (χ0v) is 10.7. The first-order valence-electron chi connectivity index (χ1n) is 6.00. The summed E-state index contributed by atoms with van der Waals surface area (Å²) in [4.78, 5) is 14.6. The predicted molar refractivity (Wildman–Crippen MR) is 67.6 cm³/mol. The summed E-state index contributed by atoms with van der Waals surface area (Å²) < 4.78 is 2.27. The Morgan fingerprint density at radius 2 is 2.35 bits per heavy atom. The molecule has 1 unspecified atom stereocenters. The molecule has 2 heterocycles. The molecule has 1 N–H and O–H groups in total. The highest BCUT2D eigenvalue weighted by Gasteiger charge is 2.18. The minimum Gasteiger partial charge on any atom is -0.481 e. The number of aryl methyl sites for hydroxylation is 1. The van der Waals surface area contributed by atoms with Gasteiger partial charge in [0.25, 0.3) is 0 Å². The van der Waals surface area contributed by atoms with Crippen LogP contribution >= 0.6 is 12.4 Å². The Hall–Kier alpha value is -1.03. The van der Waals surface area contributed by atoms with Crippen LogP contribution in [0.5, 0.6) is 0 Å². The third-order valence-corrected chi connectivity index (χ3v) is 3.29. The summed E-state index contributed by atoms with van der Waals surface area (Å²) in [6.45, 7) is 0. The van der Waals surface area contributed by atoms with E-state index in [1.54, 1.807) is 0 Å². The molecule has 2 rings (SSSR count). The first-order chi connectivity index (χ1) is 7.77. The molecular formula is C12H19ClN2O2. The Morgan fingerprint density at radius 3 is 3.12 bits per heavy atom. The van der Waals surface area contributed by atoms with Crippen molar-refractivity contribution in [2.75, 3.05) is 0 Å². The van der Waals surface area contributed by atoms with Crippen molar-refractivity contribution < 1.29 is 9.90 Å². The standard InChI is InChI=1S/C12H18N2O2.ClH/c15-12(16)7-2-1-4-10-5-3-6-11-8-13-9-14(10)11;/h8-10H,1-7H2,(H,15,16);1H. The van der Waals surface area contributed by atoms with Crippen molar-refractivity contribution in [3.05, 3.63) is 18.2 Å². The highest BCUT2D eigenvalue weighted by atomic mass is 35.5. The summed E-state index contributed by atoms with van der Waals surface area (Å²) in [7, 11) is 0. The van der Waals surface area contributed by atoms with Crippen LogP contribution in [0.4, 0.5) is 0 Å². The Balaban J connectivity index is 0.00000144. The lowest BCUT2D eigenvalue weighted by Crippen LogP contribution is -2.16. The van der Waals surface area contributed by atoms with E-state index < -0.39 is 5.97 Å². The van der Waals surface area contributed by atoms with Gasteiger partial charge in [-0.15, -0.1) is 12.4 Å². The maximum Gasteiger partial charge on any atom is 0.303 e. The van der Waals surface area contributed by atoms with E-state index in [0.717, 1.165) is 25.7 Å². The number of carbonyl (C=O) groups is 1. The maximum absolute atomic E-state index is 10.4. The molecule has 1 aliphatic heterocycles. The van der Waals surface area contributed by atoms with Gasteiger partial charge in [-0.3, -0.25) is 4.79 Å². The van der Waals surface area contributed by atoms with Gasteiger partial charge < -0.3 is 9.67 Å². The van der Waals surface area contributed by atoms with Crippen molar-refractivity contribution in [2.24, 2.45) is 0 Å². The van der Waals surface area contributed by atoms with Crippen molar-refractivity contribution >= 4 is 18.4 Å². The van der Waals surface area contributed by atoms with E-state index in [0.29, 0.717) is 12.5 Å². The van der Waals surface area contributed by atoms with Gasteiger partial charge in [-0.2, -0.15) is 0 Å². The quantitative estimate of drug-likeness (QED) is 0.827. The average molecular weight is 259 g/mol. The largest absolute Gasteiger partial charge is 0.481 e. The third-order valence-electron chi connectivity index (χ3n) is 3.29. The molecule has 0 fully saturated rings. The molecule has 17 heavy (non-hydrogen) atoms. The first-order valence-corrected chi connectivity index (χ1v) is 6.00. The van der Waals surface area contributed by atoms with Crippen LogP contribution in [-0.4, -0.2) is 20.6 Å². The SMILES string of the molecule is Cl.O=C(O)CCCCC1CCCc2cncn21. The fourth-order valence-corrected chi connectivity index (χ4v) is 2.45. The van der Waals surface area contributed by atoms with Crippen LogP contribution < -0.4 is 0 Å². The second-order valence-corrected chi connectivity index (χ2v) is 4.48. The summed E-state index contributed by atoms with van der Waals surface area (Å²) in [6, 6.07) is 0.542. The van der Waals surface area contributed by atoms with Gasteiger partial charge >= 0.3 is 5.97 Å². The summed E-state index contributed by atoms with van der Waals surface area (Å²) in [5.74, 6) is -0.688. The van der Waals surface area contributed by atoms with Crippen molar-refractivity contribution in [2.45, 2.75) is 51.0 Å². The van der Waals surface area contributed by atoms with Gasteiger partial charge in [0.2, 0.25) is 0 Å². The Morgan fingerprint density at radius 1 is 1.53 bits per heavy atom. The topological polar surface area (TPSA) is 55.1 Å². The fourth-order valence-electron chi connectivity index (χ4n) is 2.45. The fraction of sp³-hybridized carbons (Fsp3) is 0.667. The predicted octanol–water partition coefficient (Wildman–Crippen LogP) is 2.83. The zero-order chi connectivity index (χ0) is 11.4. The van der Waals surface area contributed by atoms with Crippen molar-refractivity contribution in [3.63, 3.8) is 0 Å². The van der Waals surface area contributed by atoms with E-state index in [-0.39, 0.29) is 12.4 Å². The molecule has 0 bridgehead atoms. The molecule has 0 aromatic carbocycles. The number of nitrogens with zero attached hydrogens (tertiary/aromatic N) is 2. The molecule has 96 valence electrons. The first kappa shape index (κ1) is 14.0. The number of rotatable bonds is 5. The molecule has 1 aromatic heterocycles. The summed E-state index contributed by atoms with van der Waals surface area (Å²) in [5.41, 5.74) is 1.33. The van der Waals surface area contributed by atoms with Crippen LogP contribution in [0.25, 0.3) is 0 Å². The highest BCUT2D eigenvalue weighted by molar-refractivity contribution is 5.85. The lowest BCUT2D eigenvalue weighted by Gasteiger charge is -2.25. The molecule has 0 radical (unpaired) electrons. The van der Waals surface area contributed by atoms with Crippen LogP contribution in [0.15, 0.2) is 12.5 Å². The smallest absolute Gasteiger partial charge is 0.303 e. The lowest BCUT2D eigenvalue weighted by molar-refractivity contribution is -0.137. The van der Waals surface area contributed by atoms with Gasteiger partial charge in [0.15, 0.2) is 0 Å². The molecular weight excluding hydrogens is 240 g/mol. The number of imidazole rings is 1. The molecule has 0 aliphatic carbocycles. The zero-order valence-electron chi connectivity index (χ0n) is 9.84. The second kappa shape index (κ2) is 6.64. The summed E-state index contributed by atoms with van der Waals surface area (Å²) >= 11 is 0. The van der Waals surface area contributed by atoms with E-state index in [9.17, 15) is 4.79 Å². The van der Waals surface area contributed by atoms with E-state index in [4.69, 9.17) is 5.11 Å². The molecule has 0 saturated heterocycles. The van der Waals surface area contributed by atoms with E-state index >= 15 is 0 Å². The highest BCUT2D eigenvalue weighted by Crippen LogP contribution is 2.28. The van der Waals surface area contributed by atoms with Gasteiger partial charge in [-0.1, -0.05) is 6.42 Å². The summed E-state index contributed by atoms with van der Waals surface area (Å²) in [5, 5.41) is 8.56. The third kappa shape index (κ3) is 3.73. The number of unbranched alkanes of at least 4 members (excludes halogenated alkanes) is 1. The maximum atomic E-state index is 10.4. The van der Waals surface area contributed by atoms with Gasteiger partial charge in [-0.25, -0.2) is 4.98 Å². The molecule has 0 amide bonds. The average Bonchev–Trinajstić information content (AvgIpc) is 2.72. The van der Waals surface area contributed by atoms with Crippen LogP contribution in [0.2, 0.25) is 0 Å². The number of aliphatic carboxylic acids is 1. The summed E-state index contributed by atoms with van der Waals surface area (Å²) in [6.07, 6.45) is 10.6. The number of carboxylic acid groups (broad SMARTS) is 1. The van der Waals surface area contributed by atoms with Crippen LogP contribution in [0.1, 0.15) is 50.3 Å². The van der Waals surface area contributed by atoms with Crippen molar-refractivity contribution in [1.82, 2.24) is 9.55 Å². The van der Waals surface area contributed by atoms with Gasteiger partial charge in [-0.05, 0) is 32.1 Å². The molecule has 1 atom stereocenters. The molecule has 0 saturated carbocycles. The van der Waals surface area contributed by atoms with Crippen molar-refractivity contribution in [1.29, 1.82) is 0 Å². The monoisotopic (exact) mass is 258 g/mol. The number of fused-ring (bicyclic) bond motifs is 1. The van der Waals surface area contributed by atoms with Gasteiger partial charge in [0, 0.05) is 24.4 Å². The number of carboxylic acids is 1. The Bertz CT molecular complexity index is 365.